The summed E-state index contributed by atoms with van der Waals surface area (Å²) in [5.41, 5.74) is 2.13. The molecule has 2 aromatic carbocycles. The van der Waals surface area contributed by atoms with Gasteiger partial charge in [-0.3, -0.25) is 4.79 Å². The molecule has 1 saturated heterocycles. The van der Waals surface area contributed by atoms with E-state index in [1.165, 1.54) is 17.3 Å². The van der Waals surface area contributed by atoms with Crippen molar-refractivity contribution in [3.63, 3.8) is 0 Å². The number of imidazole rings is 1. The van der Waals surface area contributed by atoms with Gasteiger partial charge < -0.3 is 15.0 Å². The van der Waals surface area contributed by atoms with Crippen LogP contribution in [0.5, 0.6) is 0 Å². The highest BCUT2D eigenvalue weighted by Crippen LogP contribution is 2.34. The summed E-state index contributed by atoms with van der Waals surface area (Å²) in [5, 5.41) is 10.0. The van der Waals surface area contributed by atoms with Crippen molar-refractivity contribution in [3.05, 3.63) is 65.5 Å². The van der Waals surface area contributed by atoms with Gasteiger partial charge in [0.2, 0.25) is 0 Å². The highest BCUT2D eigenvalue weighted by molar-refractivity contribution is 6.05. The second-order valence-electron chi connectivity index (χ2n) is 6.14. The number of hydrogen-bond acceptors (Lipinski definition) is 3. The lowest BCUT2D eigenvalue weighted by molar-refractivity contribution is 0.0717. The first-order chi connectivity index (χ1) is 12.0. The fraction of sp³-hybridized carbons (Fsp3) is 0.222. The quantitative estimate of drug-likeness (QED) is 0.752. The number of amides is 1. The van der Waals surface area contributed by atoms with Crippen molar-refractivity contribution >= 4 is 16.9 Å². The topological polar surface area (TPSA) is 69.2 Å². The third-order valence-corrected chi connectivity index (χ3v) is 4.55. The lowest BCUT2D eigenvalue weighted by atomic mass is 10.0. The number of aliphatic hydroxyl groups excluding tert-OH is 1. The van der Waals surface area contributed by atoms with Crippen molar-refractivity contribution < 1.29 is 18.7 Å². The molecule has 3 aromatic rings. The van der Waals surface area contributed by atoms with Gasteiger partial charge in [0.25, 0.3) is 5.91 Å². The predicted octanol–water partition coefficient (Wildman–Crippen LogP) is 2.79. The molecular formula is C18H15F2N3O2. The Morgan fingerprint density at radius 3 is 2.88 bits per heavy atom. The molecule has 0 spiro atoms. The number of para-hydroxylation sites is 1. The standard InChI is InChI=1S/C18H15F2N3O2/c19-13-5-4-10(6-14(13)20)16-7-11(24)8-23(16)18(25)12-2-1-3-15-17(12)22-9-21-15/h1-6,9,11,16,24H,7-8H2,(H,21,22)/t11-,16-/m0/s1. The minimum Gasteiger partial charge on any atom is -0.391 e. The number of benzene rings is 2. The summed E-state index contributed by atoms with van der Waals surface area (Å²) in [5.74, 6) is -2.22. The normalized spacial score (nSPS) is 20.4. The van der Waals surface area contributed by atoms with E-state index >= 15 is 0 Å². The maximum Gasteiger partial charge on any atom is 0.256 e. The monoisotopic (exact) mass is 343 g/mol. The molecule has 5 nitrogen and oxygen atoms in total. The minimum absolute atomic E-state index is 0.128. The number of H-pyrrole nitrogens is 1. The predicted molar refractivity (Wildman–Crippen MR) is 86.9 cm³/mol. The summed E-state index contributed by atoms with van der Waals surface area (Å²) in [6.07, 6.45) is 1.06. The molecule has 0 radical (unpaired) electrons. The number of fused-ring (bicyclic) bond motifs is 1. The number of nitrogens with one attached hydrogen (secondary N) is 1. The van der Waals surface area contributed by atoms with Crippen LogP contribution in [0, 0.1) is 11.6 Å². The third kappa shape index (κ3) is 2.66. The van der Waals surface area contributed by atoms with Crippen molar-refractivity contribution in [3.8, 4) is 0 Å². The number of halogens is 2. The van der Waals surface area contributed by atoms with E-state index in [1.54, 1.807) is 12.1 Å². The number of β-amino-alcohol motifs (C(OH)–C–C–N with tert-alkyl or cyclic N) is 1. The van der Waals surface area contributed by atoms with Crippen molar-refractivity contribution in [1.29, 1.82) is 0 Å². The van der Waals surface area contributed by atoms with Gasteiger partial charge in [-0.2, -0.15) is 0 Å². The SMILES string of the molecule is O=C(c1cccc2[nH]cnc12)N1C[C@@H](O)C[C@H]1c1ccc(F)c(F)c1. The molecule has 0 unspecified atom stereocenters. The van der Waals surface area contributed by atoms with Crippen molar-refractivity contribution in [1.82, 2.24) is 14.9 Å². The Kier molecular flexibility index (Phi) is 3.73. The average molecular weight is 343 g/mol. The highest BCUT2D eigenvalue weighted by atomic mass is 19.2. The van der Waals surface area contributed by atoms with Gasteiger partial charge in [-0.1, -0.05) is 12.1 Å². The Morgan fingerprint density at radius 1 is 1.24 bits per heavy atom. The van der Waals surface area contributed by atoms with E-state index in [1.807, 2.05) is 6.07 Å². The van der Waals surface area contributed by atoms with E-state index in [0.29, 0.717) is 16.6 Å². The Labute approximate surface area is 141 Å². The van der Waals surface area contributed by atoms with Crippen LogP contribution < -0.4 is 0 Å². The number of hydrogen-bond donors (Lipinski definition) is 2. The molecule has 1 fully saturated rings. The van der Waals surface area contributed by atoms with Crippen molar-refractivity contribution in [2.24, 2.45) is 0 Å². The second-order valence-corrected chi connectivity index (χ2v) is 6.14. The summed E-state index contributed by atoms with van der Waals surface area (Å²) >= 11 is 0. The zero-order chi connectivity index (χ0) is 17.6. The Hall–Kier alpha value is -2.80. The van der Waals surface area contributed by atoms with Crippen LogP contribution in [0.4, 0.5) is 8.78 Å². The van der Waals surface area contributed by atoms with Gasteiger partial charge in [0, 0.05) is 6.54 Å². The van der Waals surface area contributed by atoms with Crippen LogP contribution in [0.25, 0.3) is 11.0 Å². The van der Waals surface area contributed by atoms with Gasteiger partial charge in [-0.25, -0.2) is 13.8 Å². The van der Waals surface area contributed by atoms with Crippen LogP contribution in [0.1, 0.15) is 28.4 Å². The molecule has 7 heteroatoms. The van der Waals surface area contributed by atoms with Crippen LogP contribution >= 0.6 is 0 Å². The molecule has 0 aliphatic carbocycles. The molecule has 25 heavy (non-hydrogen) atoms. The van der Waals surface area contributed by atoms with Crippen molar-refractivity contribution in [2.45, 2.75) is 18.6 Å². The second kappa shape index (κ2) is 5.93. The molecule has 2 atom stereocenters. The summed E-state index contributed by atoms with van der Waals surface area (Å²) in [6.45, 7) is 0.128. The molecule has 0 bridgehead atoms. The van der Waals surface area contributed by atoms with Crippen molar-refractivity contribution in [2.75, 3.05) is 6.54 Å². The summed E-state index contributed by atoms with van der Waals surface area (Å²) in [4.78, 5) is 21.6. The summed E-state index contributed by atoms with van der Waals surface area (Å²) in [6, 6.07) is 8.25. The number of aliphatic hydroxyl groups is 1. The maximum absolute atomic E-state index is 13.6. The van der Waals surface area contributed by atoms with Crippen LogP contribution in [0.15, 0.2) is 42.7 Å². The number of carbonyl (C=O) groups is 1. The number of carbonyl (C=O) groups excluding carboxylic acids is 1. The average Bonchev–Trinajstić information content (AvgIpc) is 3.22. The molecule has 128 valence electrons. The molecule has 1 aliphatic rings. The molecule has 1 amide bonds. The number of rotatable bonds is 2. The molecule has 1 aromatic heterocycles. The Bertz CT molecular complexity index is 956. The van der Waals surface area contributed by atoms with E-state index in [-0.39, 0.29) is 18.9 Å². The molecule has 4 rings (SSSR count). The first kappa shape index (κ1) is 15.7. The molecule has 1 aliphatic heterocycles. The number of aromatic nitrogens is 2. The van der Waals surface area contributed by atoms with E-state index in [2.05, 4.69) is 9.97 Å². The third-order valence-electron chi connectivity index (χ3n) is 4.55. The number of aromatic amines is 1. The van der Waals surface area contributed by atoms with Gasteiger partial charge >= 0.3 is 0 Å². The first-order valence-electron chi connectivity index (χ1n) is 7.90. The van der Waals surface area contributed by atoms with E-state index in [4.69, 9.17) is 0 Å². The fourth-order valence-corrected chi connectivity index (χ4v) is 3.37. The zero-order valence-corrected chi connectivity index (χ0v) is 13.1. The van der Waals surface area contributed by atoms with E-state index in [0.717, 1.165) is 17.6 Å². The van der Waals surface area contributed by atoms with Crippen LogP contribution in [0.3, 0.4) is 0 Å². The minimum atomic E-state index is -0.972. The van der Waals surface area contributed by atoms with Gasteiger partial charge in [-0.05, 0) is 36.2 Å². The first-order valence-corrected chi connectivity index (χ1v) is 7.90. The lowest BCUT2D eigenvalue weighted by Crippen LogP contribution is -2.32. The smallest absolute Gasteiger partial charge is 0.256 e. The van der Waals surface area contributed by atoms with Gasteiger partial charge in [0.05, 0.1) is 29.6 Å². The van der Waals surface area contributed by atoms with Gasteiger partial charge in [0.1, 0.15) is 5.52 Å². The molecule has 0 saturated carbocycles. The Morgan fingerprint density at radius 2 is 2.08 bits per heavy atom. The summed E-state index contributed by atoms with van der Waals surface area (Å²) < 4.78 is 26.8. The number of likely N-dealkylation sites (tertiary alicyclic amines) is 1. The number of nitrogens with zero attached hydrogens (tertiary/aromatic N) is 2. The fourth-order valence-electron chi connectivity index (χ4n) is 3.37. The van der Waals surface area contributed by atoms with Crippen LogP contribution in [0.2, 0.25) is 0 Å². The highest BCUT2D eigenvalue weighted by Gasteiger charge is 2.36. The van der Waals surface area contributed by atoms with E-state index < -0.39 is 23.8 Å². The van der Waals surface area contributed by atoms with Crippen LogP contribution in [-0.4, -0.2) is 38.5 Å². The lowest BCUT2D eigenvalue weighted by Gasteiger charge is -2.25. The maximum atomic E-state index is 13.6. The Balaban J connectivity index is 1.73. The largest absolute Gasteiger partial charge is 0.391 e. The molecule has 2 N–H and O–H groups in total. The molecule has 2 heterocycles. The summed E-state index contributed by atoms with van der Waals surface area (Å²) in [7, 11) is 0. The van der Waals surface area contributed by atoms with E-state index in [9.17, 15) is 18.7 Å². The van der Waals surface area contributed by atoms with Gasteiger partial charge in [0.15, 0.2) is 11.6 Å². The zero-order valence-electron chi connectivity index (χ0n) is 13.1. The van der Waals surface area contributed by atoms with Crippen LogP contribution in [-0.2, 0) is 0 Å². The molecular weight excluding hydrogens is 328 g/mol. The van der Waals surface area contributed by atoms with Gasteiger partial charge in [-0.15, -0.1) is 0 Å².